The number of hydrogen-bond donors (Lipinski definition) is 2. The SMILES string of the molecule is Cc1cccc(NC(=O)N2CCCC(C(=O)NC34CC5CC(CC(C5)C3)C4)C2)c1. The van der Waals surface area contributed by atoms with Crippen molar-refractivity contribution in [1.29, 1.82) is 0 Å². The highest BCUT2D eigenvalue weighted by atomic mass is 16.2. The lowest BCUT2D eigenvalue weighted by Crippen LogP contribution is -2.61. The molecule has 1 heterocycles. The highest BCUT2D eigenvalue weighted by Gasteiger charge is 2.52. The number of likely N-dealkylation sites (tertiary alicyclic amines) is 1. The zero-order valence-corrected chi connectivity index (χ0v) is 17.5. The van der Waals surface area contributed by atoms with E-state index in [1.807, 2.05) is 36.1 Å². The van der Waals surface area contributed by atoms with Crippen LogP contribution < -0.4 is 10.6 Å². The molecule has 1 saturated heterocycles. The molecule has 1 aromatic carbocycles. The van der Waals surface area contributed by atoms with Crippen molar-refractivity contribution in [2.75, 3.05) is 18.4 Å². The molecule has 1 atom stereocenters. The molecule has 2 N–H and O–H groups in total. The zero-order valence-electron chi connectivity index (χ0n) is 17.5. The largest absolute Gasteiger partial charge is 0.350 e. The van der Waals surface area contributed by atoms with Crippen molar-refractivity contribution >= 4 is 17.6 Å². The summed E-state index contributed by atoms with van der Waals surface area (Å²) in [5, 5.41) is 6.51. The number of amides is 3. The number of hydrogen-bond acceptors (Lipinski definition) is 2. The van der Waals surface area contributed by atoms with Gasteiger partial charge >= 0.3 is 6.03 Å². The quantitative estimate of drug-likeness (QED) is 0.800. The van der Waals surface area contributed by atoms with Crippen LogP contribution >= 0.6 is 0 Å². The molecule has 29 heavy (non-hydrogen) atoms. The Morgan fingerprint density at radius 3 is 2.41 bits per heavy atom. The van der Waals surface area contributed by atoms with Gasteiger partial charge < -0.3 is 15.5 Å². The fraction of sp³-hybridized carbons (Fsp3) is 0.667. The number of carbonyl (C=O) groups excluding carboxylic acids is 2. The molecule has 3 amide bonds. The molecule has 4 aliphatic carbocycles. The molecule has 5 heteroatoms. The van der Waals surface area contributed by atoms with Gasteiger partial charge in [-0.1, -0.05) is 12.1 Å². The van der Waals surface area contributed by atoms with E-state index in [1.165, 1.54) is 38.5 Å². The summed E-state index contributed by atoms with van der Waals surface area (Å²) in [4.78, 5) is 27.7. The first-order valence-corrected chi connectivity index (χ1v) is 11.4. The van der Waals surface area contributed by atoms with Crippen LogP contribution in [0.1, 0.15) is 56.9 Å². The lowest BCUT2D eigenvalue weighted by Gasteiger charge is -2.57. The molecule has 1 aliphatic heterocycles. The topological polar surface area (TPSA) is 61.4 Å². The molecule has 5 nitrogen and oxygen atoms in total. The normalized spacial score (nSPS) is 35.4. The number of piperidine rings is 1. The molecule has 0 spiro atoms. The summed E-state index contributed by atoms with van der Waals surface area (Å²) < 4.78 is 0. The maximum absolute atomic E-state index is 13.2. The van der Waals surface area contributed by atoms with E-state index in [2.05, 4.69) is 10.6 Å². The summed E-state index contributed by atoms with van der Waals surface area (Å²) in [7, 11) is 0. The van der Waals surface area contributed by atoms with Gasteiger partial charge in [0.05, 0.1) is 5.92 Å². The van der Waals surface area contributed by atoms with E-state index in [9.17, 15) is 9.59 Å². The number of nitrogens with one attached hydrogen (secondary N) is 2. The summed E-state index contributed by atoms with van der Waals surface area (Å²) in [6.07, 6.45) is 9.44. The van der Waals surface area contributed by atoms with Gasteiger partial charge in [-0.25, -0.2) is 4.79 Å². The number of nitrogens with zero attached hydrogens (tertiary/aromatic N) is 1. The second-order valence-corrected chi connectivity index (χ2v) is 10.3. The van der Waals surface area contributed by atoms with Crippen molar-refractivity contribution in [1.82, 2.24) is 10.2 Å². The van der Waals surface area contributed by atoms with Gasteiger partial charge in [0.2, 0.25) is 5.91 Å². The molecule has 6 rings (SSSR count). The fourth-order valence-corrected chi connectivity index (χ4v) is 6.93. The van der Waals surface area contributed by atoms with Gasteiger partial charge in [-0.3, -0.25) is 4.79 Å². The minimum Gasteiger partial charge on any atom is -0.350 e. The van der Waals surface area contributed by atoms with Crippen molar-refractivity contribution < 1.29 is 9.59 Å². The smallest absolute Gasteiger partial charge is 0.321 e. The molecule has 5 fully saturated rings. The van der Waals surface area contributed by atoms with Gasteiger partial charge in [0.1, 0.15) is 0 Å². The molecule has 0 aromatic heterocycles. The van der Waals surface area contributed by atoms with Crippen LogP contribution in [0.2, 0.25) is 0 Å². The average Bonchev–Trinajstić information content (AvgIpc) is 2.66. The first kappa shape index (κ1) is 19.0. The third-order valence-electron chi connectivity index (χ3n) is 7.78. The van der Waals surface area contributed by atoms with Gasteiger partial charge in [-0.2, -0.15) is 0 Å². The van der Waals surface area contributed by atoms with E-state index in [-0.39, 0.29) is 23.4 Å². The average molecular weight is 396 g/mol. The number of anilines is 1. The van der Waals surface area contributed by atoms with Crippen LogP contribution in [0.3, 0.4) is 0 Å². The minimum atomic E-state index is -0.0945. The molecule has 5 aliphatic rings. The molecule has 1 unspecified atom stereocenters. The maximum Gasteiger partial charge on any atom is 0.321 e. The van der Waals surface area contributed by atoms with Crippen LogP contribution in [-0.4, -0.2) is 35.5 Å². The maximum atomic E-state index is 13.2. The van der Waals surface area contributed by atoms with Gasteiger partial charge in [0.15, 0.2) is 0 Å². The van der Waals surface area contributed by atoms with Gasteiger partial charge in [-0.15, -0.1) is 0 Å². The highest BCUT2D eigenvalue weighted by Crippen LogP contribution is 2.55. The van der Waals surface area contributed by atoms with E-state index >= 15 is 0 Å². The monoisotopic (exact) mass is 395 g/mol. The van der Waals surface area contributed by atoms with Crippen molar-refractivity contribution in [2.24, 2.45) is 23.7 Å². The minimum absolute atomic E-state index is 0.0535. The molecular weight excluding hydrogens is 362 g/mol. The summed E-state index contributed by atoms with van der Waals surface area (Å²) in [5.41, 5.74) is 1.99. The second-order valence-electron chi connectivity index (χ2n) is 10.3. The van der Waals surface area contributed by atoms with Gasteiger partial charge in [0.25, 0.3) is 0 Å². The molecule has 0 radical (unpaired) electrons. The number of urea groups is 1. The van der Waals surface area contributed by atoms with E-state index in [4.69, 9.17) is 0 Å². The van der Waals surface area contributed by atoms with Crippen molar-refractivity contribution in [3.63, 3.8) is 0 Å². The lowest BCUT2D eigenvalue weighted by molar-refractivity contribution is -0.132. The Hall–Kier alpha value is -2.04. The lowest BCUT2D eigenvalue weighted by atomic mass is 9.53. The number of carbonyl (C=O) groups is 2. The van der Waals surface area contributed by atoms with Gasteiger partial charge in [0, 0.05) is 24.3 Å². The van der Waals surface area contributed by atoms with Gasteiger partial charge in [-0.05, 0) is 93.7 Å². The Labute approximate surface area is 173 Å². The predicted molar refractivity (Wildman–Crippen MR) is 114 cm³/mol. The summed E-state index contributed by atoms with van der Waals surface area (Å²) in [5.74, 6) is 2.57. The van der Waals surface area contributed by atoms with E-state index in [1.54, 1.807) is 0 Å². The molecule has 4 bridgehead atoms. The van der Waals surface area contributed by atoms with E-state index < -0.39 is 0 Å². The van der Waals surface area contributed by atoms with Crippen LogP contribution in [-0.2, 0) is 4.79 Å². The summed E-state index contributed by atoms with van der Waals surface area (Å²) in [6, 6.07) is 7.75. The fourth-order valence-electron chi connectivity index (χ4n) is 6.93. The molecule has 1 aromatic rings. The first-order chi connectivity index (χ1) is 14.0. The number of aryl methyl sites for hydroxylation is 1. The van der Waals surface area contributed by atoms with Crippen LogP contribution in [0.5, 0.6) is 0 Å². The molecule has 4 saturated carbocycles. The summed E-state index contributed by atoms with van der Waals surface area (Å²) >= 11 is 0. The first-order valence-electron chi connectivity index (χ1n) is 11.4. The van der Waals surface area contributed by atoms with E-state index in [0.29, 0.717) is 6.54 Å². The predicted octanol–water partition coefficient (Wildman–Crippen LogP) is 4.32. The second kappa shape index (κ2) is 7.33. The van der Waals surface area contributed by atoms with Crippen molar-refractivity contribution in [2.45, 2.75) is 63.8 Å². The number of rotatable bonds is 3. The van der Waals surface area contributed by atoms with E-state index in [0.717, 1.165) is 48.4 Å². The zero-order chi connectivity index (χ0) is 20.0. The Kier molecular flexibility index (Phi) is 4.79. The standard InChI is InChI=1S/C24H33N3O2/c1-16-4-2-6-21(8-16)25-23(29)27-7-3-5-20(15-27)22(28)26-24-12-17-9-18(13-24)11-19(10-17)14-24/h2,4,6,8,17-20H,3,5,7,9-15H2,1H3,(H,25,29)(H,26,28). The summed E-state index contributed by atoms with van der Waals surface area (Å²) in [6.45, 7) is 3.26. The third kappa shape index (κ3) is 3.88. The Balaban J connectivity index is 1.20. The molecule has 156 valence electrons. The Morgan fingerprint density at radius 1 is 1.07 bits per heavy atom. The Bertz CT molecular complexity index is 770. The van der Waals surface area contributed by atoms with Crippen LogP contribution in [0.25, 0.3) is 0 Å². The number of benzene rings is 1. The Morgan fingerprint density at radius 2 is 1.76 bits per heavy atom. The highest BCUT2D eigenvalue weighted by molar-refractivity contribution is 5.90. The van der Waals surface area contributed by atoms with Crippen LogP contribution in [0.15, 0.2) is 24.3 Å². The third-order valence-corrected chi connectivity index (χ3v) is 7.78. The van der Waals surface area contributed by atoms with Crippen molar-refractivity contribution in [3.05, 3.63) is 29.8 Å². The van der Waals surface area contributed by atoms with Crippen LogP contribution in [0.4, 0.5) is 10.5 Å². The van der Waals surface area contributed by atoms with Crippen LogP contribution in [0, 0.1) is 30.6 Å². The molecular formula is C24H33N3O2. The van der Waals surface area contributed by atoms with Crippen molar-refractivity contribution in [3.8, 4) is 0 Å².